The molecule has 0 fully saturated rings. The van der Waals surface area contributed by atoms with Crippen LogP contribution < -0.4 is 5.32 Å². The lowest BCUT2D eigenvalue weighted by molar-refractivity contribution is 0.601. The molecule has 106 valence electrons. The molecule has 0 aliphatic rings. The molecule has 0 aliphatic carbocycles. The molecule has 2 aromatic rings. The van der Waals surface area contributed by atoms with Crippen LogP contribution in [0.5, 0.6) is 0 Å². The van der Waals surface area contributed by atoms with Gasteiger partial charge in [0.05, 0.1) is 11.9 Å². The first kappa shape index (κ1) is 15.7. The van der Waals surface area contributed by atoms with Crippen LogP contribution in [-0.4, -0.2) is 19.6 Å². The van der Waals surface area contributed by atoms with Gasteiger partial charge in [-0.15, -0.1) is 12.4 Å². The number of aromatic nitrogens is 4. The van der Waals surface area contributed by atoms with Crippen molar-refractivity contribution < 1.29 is 0 Å². The van der Waals surface area contributed by atoms with Crippen molar-refractivity contribution in [2.24, 2.45) is 7.05 Å². The molecule has 0 bridgehead atoms. The van der Waals surface area contributed by atoms with Gasteiger partial charge in [0.15, 0.2) is 0 Å². The summed E-state index contributed by atoms with van der Waals surface area (Å²) in [4.78, 5) is 0. The summed E-state index contributed by atoms with van der Waals surface area (Å²) in [6.45, 7) is 6.87. The van der Waals surface area contributed by atoms with Crippen LogP contribution in [0.2, 0.25) is 0 Å². The molecule has 2 heterocycles. The van der Waals surface area contributed by atoms with E-state index >= 15 is 0 Å². The van der Waals surface area contributed by atoms with Gasteiger partial charge in [-0.3, -0.25) is 9.36 Å². The summed E-state index contributed by atoms with van der Waals surface area (Å²) >= 11 is 0. The van der Waals surface area contributed by atoms with E-state index in [1.807, 2.05) is 29.5 Å². The smallest absolute Gasteiger partial charge is 0.0638 e. The normalized spacial score (nSPS) is 10.5. The molecule has 0 radical (unpaired) electrons. The zero-order chi connectivity index (χ0) is 13.0. The average Bonchev–Trinajstić information content (AvgIpc) is 2.87. The fourth-order valence-electron chi connectivity index (χ4n) is 2.01. The molecule has 0 spiro atoms. The Kier molecular flexibility index (Phi) is 6.05. The van der Waals surface area contributed by atoms with Gasteiger partial charge < -0.3 is 5.32 Å². The van der Waals surface area contributed by atoms with Crippen molar-refractivity contribution in [2.45, 2.75) is 39.9 Å². The van der Waals surface area contributed by atoms with Crippen LogP contribution in [0.4, 0.5) is 0 Å². The van der Waals surface area contributed by atoms with Crippen LogP contribution in [0.3, 0.4) is 0 Å². The summed E-state index contributed by atoms with van der Waals surface area (Å²) in [6, 6.07) is 0. The zero-order valence-corrected chi connectivity index (χ0v) is 12.6. The van der Waals surface area contributed by atoms with E-state index in [4.69, 9.17) is 0 Å². The number of nitrogens with one attached hydrogen (secondary N) is 1. The lowest BCUT2D eigenvalue weighted by Crippen LogP contribution is -2.12. The molecule has 2 rings (SSSR count). The maximum absolute atomic E-state index is 4.33. The molecule has 0 saturated carbocycles. The van der Waals surface area contributed by atoms with Crippen LogP contribution in [0, 0.1) is 6.92 Å². The summed E-state index contributed by atoms with van der Waals surface area (Å²) in [5.41, 5.74) is 3.56. The van der Waals surface area contributed by atoms with Gasteiger partial charge in [0.2, 0.25) is 0 Å². The molecule has 6 heteroatoms. The number of nitrogens with zero attached hydrogens (tertiary/aromatic N) is 4. The molecule has 0 aliphatic heterocycles. The van der Waals surface area contributed by atoms with E-state index in [1.165, 1.54) is 11.1 Å². The molecule has 0 amide bonds. The van der Waals surface area contributed by atoms with Gasteiger partial charge in [0.1, 0.15) is 0 Å². The van der Waals surface area contributed by atoms with E-state index in [0.717, 1.165) is 31.7 Å². The maximum Gasteiger partial charge on any atom is 0.0638 e. The number of hydrogen-bond donors (Lipinski definition) is 1. The zero-order valence-electron chi connectivity index (χ0n) is 11.8. The second-order valence-corrected chi connectivity index (χ2v) is 4.63. The highest BCUT2D eigenvalue weighted by atomic mass is 35.5. The monoisotopic (exact) mass is 283 g/mol. The highest BCUT2D eigenvalue weighted by molar-refractivity contribution is 5.85. The minimum Gasteiger partial charge on any atom is -0.308 e. The molecule has 0 unspecified atom stereocenters. The van der Waals surface area contributed by atoms with Gasteiger partial charge in [-0.2, -0.15) is 10.2 Å². The highest BCUT2D eigenvalue weighted by Gasteiger charge is 2.03. The third kappa shape index (κ3) is 4.36. The van der Waals surface area contributed by atoms with Crippen LogP contribution >= 0.6 is 12.4 Å². The van der Waals surface area contributed by atoms with Gasteiger partial charge in [-0.05, 0) is 13.3 Å². The van der Waals surface area contributed by atoms with Gasteiger partial charge in [-0.1, -0.05) is 6.92 Å². The van der Waals surface area contributed by atoms with E-state index in [0.29, 0.717) is 0 Å². The molecule has 19 heavy (non-hydrogen) atoms. The quantitative estimate of drug-likeness (QED) is 0.883. The van der Waals surface area contributed by atoms with Crippen molar-refractivity contribution in [3.8, 4) is 0 Å². The molecule has 0 saturated heterocycles. The highest BCUT2D eigenvalue weighted by Crippen LogP contribution is 2.05. The Hall–Kier alpha value is -1.33. The molecular formula is C13H22ClN5. The maximum atomic E-state index is 4.33. The van der Waals surface area contributed by atoms with Gasteiger partial charge >= 0.3 is 0 Å². The molecule has 1 N–H and O–H groups in total. The van der Waals surface area contributed by atoms with Crippen molar-refractivity contribution in [1.82, 2.24) is 24.9 Å². The summed E-state index contributed by atoms with van der Waals surface area (Å²) in [7, 11) is 1.95. The summed E-state index contributed by atoms with van der Waals surface area (Å²) in [5, 5.41) is 12.1. The van der Waals surface area contributed by atoms with E-state index in [-0.39, 0.29) is 12.4 Å². The SMILES string of the molecule is CCCn1cc(CNCc2cn(C)nc2C)cn1.Cl. The predicted octanol–water partition coefficient (Wildman–Crippen LogP) is 2.05. The average molecular weight is 284 g/mol. The number of hydrogen-bond acceptors (Lipinski definition) is 3. The van der Waals surface area contributed by atoms with Gasteiger partial charge in [0.25, 0.3) is 0 Å². The minimum absolute atomic E-state index is 0. The third-order valence-corrected chi connectivity index (χ3v) is 2.90. The molecule has 0 aromatic carbocycles. The van der Waals surface area contributed by atoms with E-state index in [1.54, 1.807) is 0 Å². The summed E-state index contributed by atoms with van der Waals surface area (Å²) in [6.07, 6.45) is 7.21. The van der Waals surface area contributed by atoms with Gasteiger partial charge in [0, 0.05) is 50.2 Å². The van der Waals surface area contributed by atoms with Crippen LogP contribution in [-0.2, 0) is 26.7 Å². The largest absolute Gasteiger partial charge is 0.308 e. The Labute approximate surface area is 120 Å². The first-order chi connectivity index (χ1) is 8.69. The van der Waals surface area contributed by atoms with Crippen LogP contribution in [0.15, 0.2) is 18.6 Å². The number of aryl methyl sites for hydroxylation is 3. The first-order valence-electron chi connectivity index (χ1n) is 6.40. The van der Waals surface area contributed by atoms with Crippen molar-refractivity contribution in [1.29, 1.82) is 0 Å². The Morgan fingerprint density at radius 3 is 2.68 bits per heavy atom. The van der Waals surface area contributed by atoms with E-state index < -0.39 is 0 Å². The van der Waals surface area contributed by atoms with Crippen LogP contribution in [0.25, 0.3) is 0 Å². The topological polar surface area (TPSA) is 47.7 Å². The lowest BCUT2D eigenvalue weighted by atomic mass is 10.2. The Bertz CT molecular complexity index is 503. The summed E-state index contributed by atoms with van der Waals surface area (Å²) in [5.74, 6) is 0. The second kappa shape index (κ2) is 7.31. The molecule has 5 nitrogen and oxygen atoms in total. The van der Waals surface area contributed by atoms with E-state index in [9.17, 15) is 0 Å². The van der Waals surface area contributed by atoms with Gasteiger partial charge in [-0.25, -0.2) is 0 Å². The second-order valence-electron chi connectivity index (χ2n) is 4.63. The van der Waals surface area contributed by atoms with E-state index in [2.05, 4.69) is 34.8 Å². The lowest BCUT2D eigenvalue weighted by Gasteiger charge is -2.01. The Balaban J connectivity index is 0.00000180. The number of rotatable bonds is 6. The number of halogens is 1. The minimum atomic E-state index is 0. The molecule has 2 aromatic heterocycles. The molecule has 0 atom stereocenters. The van der Waals surface area contributed by atoms with Crippen molar-refractivity contribution >= 4 is 12.4 Å². The first-order valence-corrected chi connectivity index (χ1v) is 6.40. The Morgan fingerprint density at radius 2 is 2.05 bits per heavy atom. The predicted molar refractivity (Wildman–Crippen MR) is 78.3 cm³/mol. The van der Waals surface area contributed by atoms with Crippen molar-refractivity contribution in [3.63, 3.8) is 0 Å². The third-order valence-electron chi connectivity index (χ3n) is 2.90. The van der Waals surface area contributed by atoms with Crippen LogP contribution in [0.1, 0.15) is 30.2 Å². The molecular weight excluding hydrogens is 262 g/mol. The fraction of sp³-hybridized carbons (Fsp3) is 0.538. The fourth-order valence-corrected chi connectivity index (χ4v) is 2.01. The van der Waals surface area contributed by atoms with Crippen molar-refractivity contribution in [2.75, 3.05) is 0 Å². The van der Waals surface area contributed by atoms with Crippen molar-refractivity contribution in [3.05, 3.63) is 35.4 Å². The Morgan fingerprint density at radius 1 is 1.26 bits per heavy atom. The summed E-state index contributed by atoms with van der Waals surface area (Å²) < 4.78 is 3.85. The standard InChI is InChI=1S/C13H21N5.ClH/c1-4-5-18-9-12(7-15-18)6-14-8-13-10-17(3)16-11(13)2;/h7,9-10,14H,4-6,8H2,1-3H3;1H.